The van der Waals surface area contributed by atoms with Gasteiger partial charge in [-0.05, 0) is 71.6 Å². The van der Waals surface area contributed by atoms with E-state index in [2.05, 4.69) is 48.6 Å². The SMILES string of the molecule is CC(C)(C)c1ccc(C(=O)Nc2ccc(Nc3nc(-c4cccc5c4oc4ccccc45)cc4ccnn34)cc2)cc1. The Labute approximate surface area is 242 Å². The fraction of sp³-hybridized carbons (Fsp3) is 0.114. The zero-order chi connectivity index (χ0) is 28.8. The normalized spacial score (nSPS) is 11.8. The lowest BCUT2D eigenvalue weighted by Crippen LogP contribution is -2.14. The first-order valence-electron chi connectivity index (χ1n) is 13.9. The maximum absolute atomic E-state index is 12.8. The van der Waals surface area contributed by atoms with Gasteiger partial charge in [0.2, 0.25) is 5.95 Å². The molecule has 42 heavy (non-hydrogen) atoms. The Morgan fingerprint density at radius 2 is 1.55 bits per heavy atom. The highest BCUT2D eigenvalue weighted by Crippen LogP contribution is 2.36. The van der Waals surface area contributed by atoms with Crippen LogP contribution in [0.4, 0.5) is 17.3 Å². The summed E-state index contributed by atoms with van der Waals surface area (Å²) < 4.78 is 8.03. The highest BCUT2D eigenvalue weighted by molar-refractivity contribution is 6.09. The van der Waals surface area contributed by atoms with Crippen LogP contribution in [-0.4, -0.2) is 20.5 Å². The minimum Gasteiger partial charge on any atom is -0.455 e. The molecule has 7 nitrogen and oxygen atoms in total. The van der Waals surface area contributed by atoms with Gasteiger partial charge in [0.05, 0.1) is 17.4 Å². The Kier molecular flexibility index (Phi) is 6.01. The Morgan fingerprint density at radius 3 is 2.33 bits per heavy atom. The van der Waals surface area contributed by atoms with Crippen molar-refractivity contribution < 1.29 is 9.21 Å². The van der Waals surface area contributed by atoms with Gasteiger partial charge in [-0.2, -0.15) is 5.10 Å². The second-order valence-electron chi connectivity index (χ2n) is 11.4. The smallest absolute Gasteiger partial charge is 0.255 e. The lowest BCUT2D eigenvalue weighted by atomic mass is 9.87. The summed E-state index contributed by atoms with van der Waals surface area (Å²) in [7, 11) is 0. The van der Waals surface area contributed by atoms with E-state index in [9.17, 15) is 4.79 Å². The number of aromatic nitrogens is 3. The molecule has 1 amide bonds. The van der Waals surface area contributed by atoms with E-state index in [1.54, 1.807) is 10.7 Å². The van der Waals surface area contributed by atoms with Gasteiger partial charge in [-0.1, -0.05) is 63.2 Å². The number of carbonyl (C=O) groups is 1. The van der Waals surface area contributed by atoms with Crippen molar-refractivity contribution in [3.63, 3.8) is 0 Å². The molecule has 0 saturated carbocycles. The van der Waals surface area contributed by atoms with E-state index >= 15 is 0 Å². The molecule has 206 valence electrons. The fourth-order valence-electron chi connectivity index (χ4n) is 5.19. The molecule has 0 radical (unpaired) electrons. The predicted octanol–water partition coefficient (Wildman–Crippen LogP) is 8.59. The van der Waals surface area contributed by atoms with Crippen molar-refractivity contribution in [2.45, 2.75) is 26.2 Å². The van der Waals surface area contributed by atoms with Crippen molar-refractivity contribution in [2.75, 3.05) is 10.6 Å². The fourth-order valence-corrected chi connectivity index (χ4v) is 5.19. The molecule has 3 heterocycles. The maximum Gasteiger partial charge on any atom is 0.255 e. The number of nitrogens with zero attached hydrogens (tertiary/aromatic N) is 3. The average Bonchev–Trinajstić information content (AvgIpc) is 3.63. The van der Waals surface area contributed by atoms with E-state index in [1.807, 2.05) is 91.0 Å². The van der Waals surface area contributed by atoms with Crippen molar-refractivity contribution in [3.05, 3.63) is 120 Å². The standard InChI is InChI=1S/C35H29N5O2/c1-35(2,3)23-13-11-22(12-14-23)33(41)37-24-15-17-25(18-16-24)38-34-39-30(21-26-19-20-36-40(26)34)29-9-6-8-28-27-7-4-5-10-31(27)42-32(28)29/h4-21H,1-3H3,(H,37,41)(H,38,39). The van der Waals surface area contributed by atoms with Crippen LogP contribution in [0.1, 0.15) is 36.7 Å². The van der Waals surface area contributed by atoms with Crippen LogP contribution in [-0.2, 0) is 5.41 Å². The van der Waals surface area contributed by atoms with Gasteiger partial charge >= 0.3 is 0 Å². The van der Waals surface area contributed by atoms with Crippen LogP contribution in [0.2, 0.25) is 0 Å². The van der Waals surface area contributed by atoms with E-state index in [0.717, 1.165) is 44.4 Å². The number of rotatable bonds is 5. The van der Waals surface area contributed by atoms with Crippen LogP contribution in [0.3, 0.4) is 0 Å². The third-order valence-electron chi connectivity index (χ3n) is 7.48. The van der Waals surface area contributed by atoms with Crippen LogP contribution in [0.15, 0.2) is 114 Å². The van der Waals surface area contributed by atoms with Crippen LogP contribution in [0.5, 0.6) is 0 Å². The first kappa shape index (κ1) is 25.5. The van der Waals surface area contributed by atoms with Crippen molar-refractivity contribution >= 4 is 50.7 Å². The van der Waals surface area contributed by atoms with E-state index in [-0.39, 0.29) is 11.3 Å². The number of hydrogen-bond acceptors (Lipinski definition) is 5. The maximum atomic E-state index is 12.8. The van der Waals surface area contributed by atoms with Crippen LogP contribution >= 0.6 is 0 Å². The molecule has 0 spiro atoms. The minimum absolute atomic E-state index is 0.0364. The molecule has 7 aromatic rings. The molecule has 4 aromatic carbocycles. The quantitative estimate of drug-likeness (QED) is 0.224. The third kappa shape index (κ3) is 4.65. The summed E-state index contributed by atoms with van der Waals surface area (Å²) in [4.78, 5) is 17.8. The molecule has 7 rings (SSSR count). The summed E-state index contributed by atoms with van der Waals surface area (Å²) in [6.45, 7) is 6.46. The van der Waals surface area contributed by atoms with Crippen LogP contribution in [0, 0.1) is 0 Å². The largest absolute Gasteiger partial charge is 0.455 e. The van der Waals surface area contributed by atoms with Gasteiger partial charge in [-0.25, -0.2) is 9.50 Å². The molecule has 0 saturated heterocycles. The summed E-state index contributed by atoms with van der Waals surface area (Å²) in [6, 6.07) is 33.4. The Hall–Kier alpha value is -5.43. The van der Waals surface area contributed by atoms with Crippen molar-refractivity contribution in [1.82, 2.24) is 14.6 Å². The highest BCUT2D eigenvalue weighted by atomic mass is 16.3. The van der Waals surface area contributed by atoms with Crippen LogP contribution < -0.4 is 10.6 Å². The van der Waals surface area contributed by atoms with Gasteiger partial charge in [0, 0.05) is 33.3 Å². The minimum atomic E-state index is -0.149. The Morgan fingerprint density at radius 1 is 0.810 bits per heavy atom. The zero-order valence-corrected chi connectivity index (χ0v) is 23.6. The second-order valence-corrected chi connectivity index (χ2v) is 11.4. The lowest BCUT2D eigenvalue weighted by molar-refractivity contribution is 0.102. The molecule has 2 N–H and O–H groups in total. The average molecular weight is 552 g/mol. The predicted molar refractivity (Wildman–Crippen MR) is 169 cm³/mol. The second kappa shape index (κ2) is 9.89. The molecular weight excluding hydrogens is 522 g/mol. The summed E-state index contributed by atoms with van der Waals surface area (Å²) in [6.07, 6.45) is 1.75. The molecule has 0 aliphatic carbocycles. The van der Waals surface area contributed by atoms with Gasteiger partial charge in [-0.3, -0.25) is 4.79 Å². The highest BCUT2D eigenvalue weighted by Gasteiger charge is 2.16. The number of benzene rings is 4. The molecule has 3 aromatic heterocycles. The summed E-state index contributed by atoms with van der Waals surface area (Å²) >= 11 is 0. The molecule has 0 atom stereocenters. The van der Waals surface area contributed by atoms with Gasteiger partial charge in [-0.15, -0.1) is 0 Å². The van der Waals surface area contributed by atoms with E-state index in [0.29, 0.717) is 17.2 Å². The summed E-state index contributed by atoms with van der Waals surface area (Å²) in [5.74, 6) is 0.417. The number of furan rings is 1. The van der Waals surface area contributed by atoms with E-state index < -0.39 is 0 Å². The van der Waals surface area contributed by atoms with Gasteiger partial charge in [0.15, 0.2) is 0 Å². The van der Waals surface area contributed by atoms with Crippen molar-refractivity contribution in [3.8, 4) is 11.3 Å². The number of hydrogen-bond donors (Lipinski definition) is 2. The summed E-state index contributed by atoms with van der Waals surface area (Å²) in [5.41, 5.74) is 7.58. The molecule has 0 aliphatic rings. The molecular formula is C35H29N5O2. The zero-order valence-electron chi connectivity index (χ0n) is 23.6. The van der Waals surface area contributed by atoms with E-state index in [4.69, 9.17) is 9.40 Å². The molecule has 0 aliphatic heterocycles. The number of fused-ring (bicyclic) bond motifs is 4. The third-order valence-corrected chi connectivity index (χ3v) is 7.48. The van der Waals surface area contributed by atoms with Crippen LogP contribution in [0.25, 0.3) is 38.7 Å². The molecule has 0 fully saturated rings. The molecule has 0 bridgehead atoms. The number of anilines is 3. The lowest BCUT2D eigenvalue weighted by Gasteiger charge is -2.19. The number of para-hydroxylation sites is 2. The Bertz CT molecular complexity index is 2080. The van der Waals surface area contributed by atoms with Gasteiger partial charge in [0.1, 0.15) is 11.2 Å². The first-order valence-corrected chi connectivity index (χ1v) is 13.9. The number of amides is 1. The van der Waals surface area contributed by atoms with Gasteiger partial charge in [0.25, 0.3) is 5.91 Å². The first-order chi connectivity index (χ1) is 20.3. The van der Waals surface area contributed by atoms with Crippen molar-refractivity contribution in [2.24, 2.45) is 0 Å². The summed E-state index contributed by atoms with van der Waals surface area (Å²) in [5, 5.41) is 13.0. The Balaban J connectivity index is 1.16. The van der Waals surface area contributed by atoms with E-state index in [1.165, 1.54) is 5.56 Å². The van der Waals surface area contributed by atoms with Gasteiger partial charge < -0.3 is 15.1 Å². The molecule has 0 unspecified atom stereocenters. The number of carbonyl (C=O) groups excluding carboxylic acids is 1. The topological polar surface area (TPSA) is 84.5 Å². The monoisotopic (exact) mass is 551 g/mol. The van der Waals surface area contributed by atoms with Crippen molar-refractivity contribution in [1.29, 1.82) is 0 Å². The molecule has 7 heteroatoms. The number of nitrogens with one attached hydrogen (secondary N) is 2.